The second-order valence-electron chi connectivity index (χ2n) is 7.07. The fourth-order valence-electron chi connectivity index (χ4n) is 3.12. The quantitative estimate of drug-likeness (QED) is 0.671. The van der Waals surface area contributed by atoms with Gasteiger partial charge in [0, 0.05) is 0 Å². The monoisotopic (exact) mass is 467 g/mol. The van der Waals surface area contributed by atoms with Gasteiger partial charge in [0.2, 0.25) is 12.7 Å². The lowest BCUT2D eigenvalue weighted by atomic mass is 10.1. The number of aliphatic imine (C=N–C) groups is 1. The van der Waals surface area contributed by atoms with Crippen molar-refractivity contribution in [2.45, 2.75) is 13.8 Å². The molecule has 0 atom stereocenters. The van der Waals surface area contributed by atoms with Crippen LogP contribution < -0.4 is 19.7 Å². The molecule has 0 radical (unpaired) electrons. The molecule has 0 aromatic heterocycles. The van der Waals surface area contributed by atoms with Crippen LogP contribution in [0.15, 0.2) is 53.2 Å². The number of amidine groups is 1. The van der Waals surface area contributed by atoms with E-state index in [0.29, 0.717) is 22.4 Å². The van der Waals surface area contributed by atoms with E-state index < -0.39 is 12.0 Å². The number of aryl methyl sites for hydroxylation is 1. The minimum Gasteiger partial charge on any atom is -0.454 e. The predicted molar refractivity (Wildman–Crippen MR) is 124 cm³/mol. The molecule has 2 aliphatic heterocycles. The van der Waals surface area contributed by atoms with Gasteiger partial charge >= 0.3 is 6.09 Å². The van der Waals surface area contributed by atoms with E-state index in [-0.39, 0.29) is 30.8 Å². The van der Waals surface area contributed by atoms with Crippen LogP contribution in [0.25, 0.3) is 6.08 Å². The largest absolute Gasteiger partial charge is 0.454 e. The Morgan fingerprint density at radius 2 is 1.94 bits per heavy atom. The summed E-state index contributed by atoms with van der Waals surface area (Å²) in [5.41, 5.74) is 2.60. The number of benzene rings is 2. The fraction of sp³-hybridized carbons (Fsp3) is 0.217. The minimum atomic E-state index is -0.814. The van der Waals surface area contributed by atoms with Gasteiger partial charge in [0.15, 0.2) is 16.7 Å². The lowest BCUT2D eigenvalue weighted by Crippen LogP contribution is -2.34. The SMILES string of the molecule is CCOC(=O)NC(=O)CSC1=NC(=Cc2ccc3c(c2)OCO3)C(=O)N1c1ccc(C)cc1. The molecule has 3 amide bonds. The van der Waals surface area contributed by atoms with Crippen LogP contribution in [0.4, 0.5) is 10.5 Å². The van der Waals surface area contributed by atoms with Gasteiger partial charge in [0.05, 0.1) is 18.0 Å². The molecule has 4 rings (SSSR count). The van der Waals surface area contributed by atoms with E-state index in [1.54, 1.807) is 31.2 Å². The van der Waals surface area contributed by atoms with Gasteiger partial charge in [-0.15, -0.1) is 0 Å². The van der Waals surface area contributed by atoms with E-state index in [0.717, 1.165) is 22.9 Å². The molecule has 0 saturated carbocycles. The summed E-state index contributed by atoms with van der Waals surface area (Å²) in [5, 5.41) is 2.46. The molecule has 170 valence electrons. The van der Waals surface area contributed by atoms with Crippen molar-refractivity contribution in [2.24, 2.45) is 4.99 Å². The summed E-state index contributed by atoms with van der Waals surface area (Å²) < 4.78 is 15.4. The summed E-state index contributed by atoms with van der Waals surface area (Å²) in [5.74, 6) is 0.239. The van der Waals surface area contributed by atoms with E-state index in [1.807, 2.05) is 31.2 Å². The number of alkyl carbamates (subject to hydrolysis) is 1. The number of nitrogens with one attached hydrogen (secondary N) is 1. The number of fused-ring (bicyclic) bond motifs is 1. The number of nitrogens with zero attached hydrogens (tertiary/aromatic N) is 2. The minimum absolute atomic E-state index is 0.120. The third-order valence-electron chi connectivity index (χ3n) is 4.67. The Labute approximate surface area is 194 Å². The highest BCUT2D eigenvalue weighted by atomic mass is 32.2. The molecule has 2 heterocycles. The molecule has 0 saturated heterocycles. The number of hydrogen-bond acceptors (Lipinski definition) is 8. The molecule has 0 fully saturated rings. The standard InChI is InChI=1S/C23H21N3O6S/c1-3-30-23(29)25-20(27)12-33-22-24-17(10-15-6-9-18-19(11-15)32-13-31-18)21(28)26(22)16-7-4-14(2)5-8-16/h4-11H,3,12-13H2,1-2H3,(H,25,27,29). The third kappa shape index (κ3) is 5.17. The van der Waals surface area contributed by atoms with Gasteiger partial charge in [-0.25, -0.2) is 9.79 Å². The summed E-state index contributed by atoms with van der Waals surface area (Å²) >= 11 is 1.05. The van der Waals surface area contributed by atoms with Gasteiger partial charge < -0.3 is 14.2 Å². The maximum atomic E-state index is 13.2. The molecule has 2 aromatic rings. The molecule has 1 N–H and O–H groups in total. The number of rotatable bonds is 5. The lowest BCUT2D eigenvalue weighted by Gasteiger charge is -2.17. The summed E-state index contributed by atoms with van der Waals surface area (Å²) in [4.78, 5) is 42.7. The zero-order valence-electron chi connectivity index (χ0n) is 18.0. The summed E-state index contributed by atoms with van der Waals surface area (Å²) in [6.07, 6.45) is 0.837. The smallest absolute Gasteiger partial charge is 0.413 e. The van der Waals surface area contributed by atoms with Gasteiger partial charge in [0.1, 0.15) is 5.70 Å². The van der Waals surface area contributed by atoms with Gasteiger partial charge in [-0.1, -0.05) is 35.5 Å². The topological polar surface area (TPSA) is 107 Å². The van der Waals surface area contributed by atoms with Crippen LogP contribution in [0, 0.1) is 6.92 Å². The first-order valence-electron chi connectivity index (χ1n) is 10.1. The van der Waals surface area contributed by atoms with Crippen molar-refractivity contribution in [1.29, 1.82) is 0 Å². The van der Waals surface area contributed by atoms with E-state index in [1.165, 1.54) is 4.90 Å². The normalized spacial score (nSPS) is 15.6. The van der Waals surface area contributed by atoms with Crippen molar-refractivity contribution in [1.82, 2.24) is 5.32 Å². The Morgan fingerprint density at radius 3 is 2.70 bits per heavy atom. The molecule has 0 spiro atoms. The third-order valence-corrected chi connectivity index (χ3v) is 5.61. The average Bonchev–Trinajstić information content (AvgIpc) is 3.37. The molecular formula is C23H21N3O6S. The number of hydrogen-bond donors (Lipinski definition) is 1. The van der Waals surface area contributed by atoms with Crippen molar-refractivity contribution in [3.05, 3.63) is 59.3 Å². The maximum absolute atomic E-state index is 13.2. The van der Waals surface area contributed by atoms with Crippen LogP contribution in [0.3, 0.4) is 0 Å². The highest BCUT2D eigenvalue weighted by Crippen LogP contribution is 2.34. The van der Waals surface area contributed by atoms with Crippen LogP contribution in [0.1, 0.15) is 18.1 Å². The lowest BCUT2D eigenvalue weighted by molar-refractivity contribution is -0.118. The number of imide groups is 1. The van der Waals surface area contributed by atoms with E-state index in [4.69, 9.17) is 14.2 Å². The van der Waals surface area contributed by atoms with Crippen molar-refractivity contribution < 1.29 is 28.6 Å². The van der Waals surface area contributed by atoms with E-state index in [2.05, 4.69) is 10.3 Å². The van der Waals surface area contributed by atoms with E-state index >= 15 is 0 Å². The zero-order chi connectivity index (χ0) is 23.4. The molecule has 2 aromatic carbocycles. The summed E-state index contributed by atoms with van der Waals surface area (Å²) in [7, 11) is 0. The van der Waals surface area contributed by atoms with Gasteiger partial charge in [-0.2, -0.15) is 0 Å². The highest BCUT2D eigenvalue weighted by molar-refractivity contribution is 8.14. The number of carbonyl (C=O) groups is 3. The Hall–Kier alpha value is -3.79. The molecule has 2 aliphatic rings. The second kappa shape index (κ2) is 9.78. The fourth-order valence-corrected chi connectivity index (χ4v) is 3.94. The number of anilines is 1. The first-order chi connectivity index (χ1) is 15.9. The van der Waals surface area contributed by atoms with Crippen molar-refractivity contribution in [2.75, 3.05) is 24.1 Å². The Kier molecular flexibility index (Phi) is 6.64. The predicted octanol–water partition coefficient (Wildman–Crippen LogP) is 3.47. The molecule has 10 heteroatoms. The number of thioether (sulfide) groups is 1. The molecular weight excluding hydrogens is 446 g/mol. The molecule has 33 heavy (non-hydrogen) atoms. The van der Waals surface area contributed by atoms with Gasteiger partial charge in [-0.3, -0.25) is 19.8 Å². The molecule has 0 bridgehead atoms. The van der Waals surface area contributed by atoms with Crippen molar-refractivity contribution in [3.8, 4) is 11.5 Å². The first kappa shape index (κ1) is 22.4. The van der Waals surface area contributed by atoms with Crippen molar-refractivity contribution >= 4 is 46.6 Å². The number of carbonyl (C=O) groups excluding carboxylic acids is 3. The van der Waals surface area contributed by atoms with Gasteiger partial charge in [-0.05, 0) is 49.8 Å². The molecule has 9 nitrogen and oxygen atoms in total. The molecule has 0 unspecified atom stereocenters. The van der Waals surface area contributed by atoms with E-state index in [9.17, 15) is 14.4 Å². The Bertz CT molecular complexity index is 1160. The Balaban J connectivity index is 1.58. The first-order valence-corrected chi connectivity index (χ1v) is 11.1. The maximum Gasteiger partial charge on any atom is 0.413 e. The van der Waals surface area contributed by atoms with Crippen LogP contribution >= 0.6 is 11.8 Å². The van der Waals surface area contributed by atoms with Crippen LogP contribution in [-0.2, 0) is 14.3 Å². The molecule has 0 aliphatic carbocycles. The van der Waals surface area contributed by atoms with Crippen LogP contribution in [0.5, 0.6) is 11.5 Å². The van der Waals surface area contributed by atoms with Crippen molar-refractivity contribution in [3.63, 3.8) is 0 Å². The average molecular weight is 468 g/mol. The van der Waals surface area contributed by atoms with Gasteiger partial charge in [0.25, 0.3) is 5.91 Å². The second-order valence-corrected chi connectivity index (χ2v) is 8.01. The Morgan fingerprint density at radius 1 is 1.18 bits per heavy atom. The van der Waals surface area contributed by atoms with Crippen LogP contribution in [0.2, 0.25) is 0 Å². The van der Waals surface area contributed by atoms with Crippen LogP contribution in [-0.4, -0.2) is 42.2 Å². The highest BCUT2D eigenvalue weighted by Gasteiger charge is 2.32. The summed E-state index contributed by atoms with van der Waals surface area (Å²) in [6.45, 7) is 3.90. The summed E-state index contributed by atoms with van der Waals surface area (Å²) in [6, 6.07) is 12.7. The zero-order valence-corrected chi connectivity index (χ0v) is 18.8. The number of ether oxygens (including phenoxy) is 3. The number of amides is 3.